The van der Waals surface area contributed by atoms with Gasteiger partial charge in [0, 0.05) is 12.1 Å². The minimum absolute atomic E-state index is 0.00728. The molecular formula is C30H29Cl2NO4. The molecule has 37 heavy (non-hydrogen) atoms. The molecule has 1 aliphatic rings. The molecule has 3 aromatic rings. The van der Waals surface area contributed by atoms with E-state index in [0.717, 1.165) is 16.7 Å². The van der Waals surface area contributed by atoms with E-state index in [0.29, 0.717) is 22.9 Å². The molecular weight excluding hydrogens is 509 g/mol. The highest BCUT2D eigenvalue weighted by molar-refractivity contribution is 6.46. The standard InChI is InChI=1S/C30H29Cl2NO4/c1-5-37-22-8-6-7-18(15-22)17-33-26(19-9-12-21(13-10-19)30(2,3)4)25(28(35)29(33)36)27(34)20-11-14-23(31)24(32)16-20/h6-16,26,34H,5,17H2,1-4H3/b27-25-. The van der Waals surface area contributed by atoms with Crippen LogP contribution in [0.5, 0.6) is 5.75 Å². The Kier molecular flexibility index (Phi) is 7.67. The normalized spacial score (nSPS) is 17.4. The number of aliphatic hydroxyl groups excluding tert-OH is 1. The van der Waals surface area contributed by atoms with Crippen LogP contribution in [0.3, 0.4) is 0 Å². The van der Waals surface area contributed by atoms with Gasteiger partial charge in [0.05, 0.1) is 28.3 Å². The largest absolute Gasteiger partial charge is 0.507 e. The van der Waals surface area contributed by atoms with Crippen LogP contribution in [0.1, 0.15) is 56.0 Å². The van der Waals surface area contributed by atoms with E-state index in [1.807, 2.05) is 55.5 Å². The highest BCUT2D eigenvalue weighted by atomic mass is 35.5. The van der Waals surface area contributed by atoms with Gasteiger partial charge in [-0.3, -0.25) is 9.59 Å². The van der Waals surface area contributed by atoms with Crippen LogP contribution in [0, 0.1) is 0 Å². The van der Waals surface area contributed by atoms with Crippen molar-refractivity contribution in [3.8, 4) is 5.75 Å². The molecule has 1 amide bonds. The van der Waals surface area contributed by atoms with E-state index >= 15 is 0 Å². The molecule has 0 saturated carbocycles. The fourth-order valence-electron chi connectivity index (χ4n) is 4.45. The smallest absolute Gasteiger partial charge is 0.295 e. The number of nitrogens with zero attached hydrogens (tertiary/aromatic N) is 1. The summed E-state index contributed by atoms with van der Waals surface area (Å²) in [6.07, 6.45) is 0. The molecule has 1 fully saturated rings. The summed E-state index contributed by atoms with van der Waals surface area (Å²) in [4.78, 5) is 28.2. The molecule has 1 atom stereocenters. The van der Waals surface area contributed by atoms with Crippen molar-refractivity contribution >= 4 is 40.7 Å². The first-order chi connectivity index (χ1) is 17.5. The number of ether oxygens (including phenoxy) is 1. The Morgan fingerprint density at radius 1 is 0.973 bits per heavy atom. The van der Waals surface area contributed by atoms with E-state index in [2.05, 4.69) is 20.8 Å². The third kappa shape index (κ3) is 5.53. The molecule has 0 bridgehead atoms. The monoisotopic (exact) mass is 537 g/mol. The lowest BCUT2D eigenvalue weighted by atomic mass is 9.85. The Hall–Kier alpha value is -3.28. The maximum atomic E-state index is 13.4. The molecule has 4 rings (SSSR count). The molecule has 5 nitrogen and oxygen atoms in total. The zero-order valence-electron chi connectivity index (χ0n) is 21.2. The van der Waals surface area contributed by atoms with Crippen LogP contribution in [0.15, 0.2) is 72.3 Å². The molecule has 1 N–H and O–H groups in total. The number of benzene rings is 3. The summed E-state index contributed by atoms with van der Waals surface area (Å²) in [7, 11) is 0. The molecule has 0 radical (unpaired) electrons. The first-order valence-electron chi connectivity index (χ1n) is 12.1. The number of likely N-dealkylation sites (tertiary alicyclic amines) is 1. The summed E-state index contributed by atoms with van der Waals surface area (Å²) in [5, 5.41) is 11.9. The van der Waals surface area contributed by atoms with Gasteiger partial charge in [-0.2, -0.15) is 0 Å². The summed E-state index contributed by atoms with van der Waals surface area (Å²) in [6.45, 7) is 8.92. The second kappa shape index (κ2) is 10.6. The lowest BCUT2D eigenvalue weighted by molar-refractivity contribution is -0.140. The number of halogens is 2. The molecule has 0 spiro atoms. The molecule has 3 aromatic carbocycles. The maximum Gasteiger partial charge on any atom is 0.295 e. The van der Waals surface area contributed by atoms with Crippen LogP contribution in [-0.4, -0.2) is 28.3 Å². The van der Waals surface area contributed by atoms with Gasteiger partial charge in [0.15, 0.2) is 0 Å². The Bertz CT molecular complexity index is 1370. The summed E-state index contributed by atoms with van der Waals surface area (Å²) in [6, 6.07) is 19.0. The number of ketones is 1. The number of hydrogen-bond donors (Lipinski definition) is 1. The molecule has 1 heterocycles. The van der Waals surface area contributed by atoms with Crippen LogP contribution in [0.4, 0.5) is 0 Å². The number of carbonyl (C=O) groups excluding carboxylic acids is 2. The number of rotatable bonds is 6. The predicted octanol–water partition coefficient (Wildman–Crippen LogP) is 7.31. The summed E-state index contributed by atoms with van der Waals surface area (Å²) < 4.78 is 5.61. The SMILES string of the molecule is CCOc1cccc(CN2C(=O)C(=O)/C(=C(\O)c3ccc(Cl)c(Cl)c3)C2c2ccc(C(C)(C)C)cc2)c1. The summed E-state index contributed by atoms with van der Waals surface area (Å²) in [5.41, 5.74) is 2.88. The van der Waals surface area contributed by atoms with Crippen LogP contribution in [-0.2, 0) is 21.5 Å². The van der Waals surface area contributed by atoms with Crippen molar-refractivity contribution in [2.75, 3.05) is 6.61 Å². The number of carbonyl (C=O) groups is 2. The topological polar surface area (TPSA) is 66.8 Å². The van der Waals surface area contributed by atoms with E-state index in [-0.39, 0.29) is 28.3 Å². The minimum atomic E-state index is -0.792. The van der Waals surface area contributed by atoms with Crippen LogP contribution in [0.25, 0.3) is 5.76 Å². The summed E-state index contributed by atoms with van der Waals surface area (Å²) in [5.74, 6) is -1.06. The fraction of sp³-hybridized carbons (Fsp3) is 0.267. The zero-order chi connectivity index (χ0) is 26.9. The van der Waals surface area contributed by atoms with Gasteiger partial charge in [0.1, 0.15) is 11.5 Å². The molecule has 1 aliphatic heterocycles. The van der Waals surface area contributed by atoms with Crippen molar-refractivity contribution in [3.63, 3.8) is 0 Å². The third-order valence-electron chi connectivity index (χ3n) is 6.39. The molecule has 7 heteroatoms. The van der Waals surface area contributed by atoms with Gasteiger partial charge >= 0.3 is 0 Å². The van der Waals surface area contributed by atoms with Gasteiger partial charge in [-0.05, 0) is 59.4 Å². The highest BCUT2D eigenvalue weighted by Crippen LogP contribution is 2.41. The van der Waals surface area contributed by atoms with Gasteiger partial charge in [-0.25, -0.2) is 0 Å². The molecule has 0 aromatic heterocycles. The Labute approximate surface area is 227 Å². The fourth-order valence-corrected chi connectivity index (χ4v) is 4.75. The molecule has 192 valence electrons. The van der Waals surface area contributed by atoms with Crippen molar-refractivity contribution in [2.45, 2.75) is 45.7 Å². The van der Waals surface area contributed by atoms with Crippen molar-refractivity contribution in [1.29, 1.82) is 0 Å². The van der Waals surface area contributed by atoms with Crippen LogP contribution < -0.4 is 4.74 Å². The quantitative estimate of drug-likeness (QED) is 0.203. The van der Waals surface area contributed by atoms with E-state index < -0.39 is 17.7 Å². The number of amides is 1. The third-order valence-corrected chi connectivity index (χ3v) is 7.13. The molecule has 1 saturated heterocycles. The van der Waals surface area contributed by atoms with E-state index in [1.54, 1.807) is 12.1 Å². The van der Waals surface area contributed by atoms with Gasteiger partial charge in [-0.15, -0.1) is 0 Å². The Morgan fingerprint density at radius 2 is 1.68 bits per heavy atom. The molecule has 0 aliphatic carbocycles. The van der Waals surface area contributed by atoms with Crippen molar-refractivity contribution < 1.29 is 19.4 Å². The van der Waals surface area contributed by atoms with E-state index in [1.165, 1.54) is 11.0 Å². The predicted molar refractivity (Wildman–Crippen MR) is 147 cm³/mol. The van der Waals surface area contributed by atoms with Gasteiger partial charge < -0.3 is 14.7 Å². The van der Waals surface area contributed by atoms with E-state index in [9.17, 15) is 14.7 Å². The average molecular weight is 538 g/mol. The average Bonchev–Trinajstić information content (AvgIpc) is 3.10. The second-order valence-electron chi connectivity index (χ2n) is 10.0. The Balaban J connectivity index is 1.84. The first-order valence-corrected chi connectivity index (χ1v) is 12.8. The zero-order valence-corrected chi connectivity index (χ0v) is 22.7. The highest BCUT2D eigenvalue weighted by Gasteiger charge is 2.46. The summed E-state index contributed by atoms with van der Waals surface area (Å²) >= 11 is 12.2. The maximum absolute atomic E-state index is 13.4. The Morgan fingerprint density at radius 3 is 2.30 bits per heavy atom. The molecule has 1 unspecified atom stereocenters. The minimum Gasteiger partial charge on any atom is -0.507 e. The van der Waals surface area contributed by atoms with Crippen molar-refractivity contribution in [2.24, 2.45) is 0 Å². The second-order valence-corrected chi connectivity index (χ2v) is 10.8. The number of Topliss-reactive ketones (excluding diaryl/α,β-unsaturated/α-hetero) is 1. The van der Waals surface area contributed by atoms with Crippen molar-refractivity contribution in [1.82, 2.24) is 4.90 Å². The van der Waals surface area contributed by atoms with Crippen LogP contribution in [0.2, 0.25) is 10.0 Å². The van der Waals surface area contributed by atoms with Gasteiger partial charge in [-0.1, -0.05) is 80.4 Å². The lowest BCUT2D eigenvalue weighted by Gasteiger charge is -2.27. The lowest BCUT2D eigenvalue weighted by Crippen LogP contribution is -2.29. The number of aliphatic hydroxyl groups is 1. The van der Waals surface area contributed by atoms with Gasteiger partial charge in [0.25, 0.3) is 11.7 Å². The first kappa shape index (κ1) is 26.8. The number of hydrogen-bond acceptors (Lipinski definition) is 4. The van der Waals surface area contributed by atoms with Crippen LogP contribution >= 0.6 is 23.2 Å². The van der Waals surface area contributed by atoms with Gasteiger partial charge in [0.2, 0.25) is 0 Å². The van der Waals surface area contributed by atoms with Crippen molar-refractivity contribution in [3.05, 3.63) is 105 Å². The van der Waals surface area contributed by atoms with E-state index in [4.69, 9.17) is 27.9 Å².